The van der Waals surface area contributed by atoms with Gasteiger partial charge < -0.3 is 16.2 Å². The van der Waals surface area contributed by atoms with Crippen LogP contribution in [-0.2, 0) is 4.74 Å². The molecule has 2 aliphatic rings. The molecule has 1 saturated carbocycles. The van der Waals surface area contributed by atoms with Gasteiger partial charge in [0.2, 0.25) is 0 Å². The van der Waals surface area contributed by atoms with E-state index in [1.165, 1.54) is 25.3 Å². The van der Waals surface area contributed by atoms with Crippen LogP contribution in [0, 0.1) is 34.8 Å². The van der Waals surface area contributed by atoms with E-state index in [1.54, 1.807) is 12.3 Å². The minimum atomic E-state index is -0.682. The molecule has 1 heterocycles. The molecule has 0 saturated heterocycles. The van der Waals surface area contributed by atoms with Crippen LogP contribution >= 0.6 is 0 Å². The number of allylic oxidation sites excluding steroid dienone is 3. The molecule has 4 rings (SSSR count). The van der Waals surface area contributed by atoms with Crippen molar-refractivity contribution in [2.24, 2.45) is 22.3 Å². The monoisotopic (exact) mass is 469 g/mol. The molecule has 0 radical (unpaired) electrons. The number of ether oxygens (including phenoxy) is 1. The van der Waals surface area contributed by atoms with Crippen molar-refractivity contribution in [2.75, 3.05) is 7.11 Å². The van der Waals surface area contributed by atoms with Crippen LogP contribution < -0.4 is 11.5 Å². The third kappa shape index (κ3) is 5.11. The van der Waals surface area contributed by atoms with E-state index in [2.05, 4.69) is 28.6 Å². The van der Waals surface area contributed by atoms with Crippen LogP contribution in [0.2, 0.25) is 0 Å². The molecule has 1 aromatic heterocycles. The van der Waals surface area contributed by atoms with Crippen LogP contribution in [0.15, 0.2) is 47.8 Å². The number of nitrogens with one attached hydrogen (secondary N) is 1. The Hall–Kier alpha value is -3.29. The summed E-state index contributed by atoms with van der Waals surface area (Å²) in [4.78, 5) is 8.83. The minimum Gasteiger partial charge on any atom is -0.487 e. The summed E-state index contributed by atoms with van der Waals surface area (Å²) in [6.45, 7) is 6.47. The van der Waals surface area contributed by atoms with Gasteiger partial charge in [-0.3, -0.25) is 5.41 Å². The number of nitrogens with two attached hydrogens (primary N) is 2. The molecule has 6 nitrogen and oxygen atoms in total. The van der Waals surface area contributed by atoms with E-state index in [4.69, 9.17) is 16.9 Å². The Balaban J connectivity index is 0.000000751. The van der Waals surface area contributed by atoms with E-state index in [0.717, 1.165) is 36.9 Å². The standard InChI is InChI=1S/C24H28F2N4.C2H5NO/c1-14-29-10-8-20(30-14)16-12-24(3)13-23(24,2)9-7-15(22(16)28)11-19(27)21-17(25)5-4-6-18(21)26;1-4-2-3/h4-6,8,10-11,16H,7,9,12-13,27-28H2,1-3H3;2-3H,1H3/b19-11-,22-15-;. The molecule has 0 aliphatic heterocycles. The maximum atomic E-state index is 14.2. The first-order chi connectivity index (χ1) is 16.0. The van der Waals surface area contributed by atoms with Crippen LogP contribution in [0.5, 0.6) is 0 Å². The average molecular weight is 470 g/mol. The Morgan fingerprint density at radius 3 is 2.44 bits per heavy atom. The van der Waals surface area contributed by atoms with Crippen LogP contribution in [-0.4, -0.2) is 23.5 Å². The highest BCUT2D eigenvalue weighted by Gasteiger charge is 2.61. The molecule has 3 unspecified atom stereocenters. The van der Waals surface area contributed by atoms with Gasteiger partial charge in [0.1, 0.15) is 17.5 Å². The normalized spacial score (nSPS) is 28.5. The highest BCUT2D eigenvalue weighted by atomic mass is 19.1. The maximum Gasteiger partial charge on any atom is 0.166 e. The fourth-order valence-corrected chi connectivity index (χ4v) is 4.99. The molecule has 0 amide bonds. The molecule has 8 heteroatoms. The molecular weight excluding hydrogens is 436 g/mol. The maximum absolute atomic E-state index is 14.2. The van der Waals surface area contributed by atoms with Gasteiger partial charge in [0, 0.05) is 23.5 Å². The number of hydrogen-bond donors (Lipinski definition) is 3. The van der Waals surface area contributed by atoms with Crippen molar-refractivity contribution in [3.05, 3.63) is 76.5 Å². The number of hydrogen-bond acceptors (Lipinski definition) is 6. The van der Waals surface area contributed by atoms with Crippen molar-refractivity contribution in [3.63, 3.8) is 0 Å². The molecule has 3 atom stereocenters. The first-order valence-corrected chi connectivity index (χ1v) is 11.3. The summed E-state index contributed by atoms with van der Waals surface area (Å²) in [6.07, 6.45) is 7.93. The highest BCUT2D eigenvalue weighted by molar-refractivity contribution is 5.67. The number of methoxy groups -OCH3 is 1. The molecule has 2 aliphatic carbocycles. The number of benzene rings is 1. The summed E-state index contributed by atoms with van der Waals surface area (Å²) in [5, 5.41) is 6.10. The van der Waals surface area contributed by atoms with Gasteiger partial charge in [-0.05, 0) is 73.3 Å². The third-order valence-corrected chi connectivity index (χ3v) is 7.31. The summed E-state index contributed by atoms with van der Waals surface area (Å²) >= 11 is 0. The predicted octanol–water partition coefficient (Wildman–Crippen LogP) is 5.20. The lowest BCUT2D eigenvalue weighted by Gasteiger charge is -2.29. The van der Waals surface area contributed by atoms with Crippen LogP contribution in [0.3, 0.4) is 0 Å². The van der Waals surface area contributed by atoms with Crippen molar-refractivity contribution in [2.45, 2.75) is 52.4 Å². The number of aromatic nitrogens is 2. The Bertz CT molecular complexity index is 1110. The lowest BCUT2D eigenvalue weighted by molar-refractivity contribution is 0.320. The van der Waals surface area contributed by atoms with E-state index in [9.17, 15) is 8.78 Å². The zero-order valence-electron chi connectivity index (χ0n) is 20.2. The Labute approximate surface area is 199 Å². The second-order valence-electron chi connectivity index (χ2n) is 9.61. The van der Waals surface area contributed by atoms with Gasteiger partial charge in [0.25, 0.3) is 0 Å². The van der Waals surface area contributed by atoms with Gasteiger partial charge >= 0.3 is 0 Å². The molecular formula is C26H33F2N5O. The predicted molar refractivity (Wildman–Crippen MR) is 130 cm³/mol. The molecule has 182 valence electrons. The molecule has 5 N–H and O–H groups in total. The van der Waals surface area contributed by atoms with E-state index >= 15 is 0 Å². The van der Waals surface area contributed by atoms with Crippen molar-refractivity contribution < 1.29 is 13.5 Å². The fraction of sp³-hybridized carbons (Fsp3) is 0.423. The van der Waals surface area contributed by atoms with Crippen LogP contribution in [0.1, 0.15) is 62.5 Å². The number of aryl methyl sites for hydroxylation is 1. The molecule has 0 bridgehead atoms. The third-order valence-electron chi connectivity index (χ3n) is 7.31. The van der Waals surface area contributed by atoms with E-state index in [-0.39, 0.29) is 28.0 Å². The van der Waals surface area contributed by atoms with Gasteiger partial charge in [0.05, 0.1) is 18.4 Å². The Morgan fingerprint density at radius 1 is 1.21 bits per heavy atom. The fourth-order valence-electron chi connectivity index (χ4n) is 4.99. The smallest absolute Gasteiger partial charge is 0.166 e. The van der Waals surface area contributed by atoms with Crippen molar-refractivity contribution >= 4 is 12.1 Å². The first kappa shape index (κ1) is 25.3. The summed E-state index contributed by atoms with van der Waals surface area (Å²) < 4.78 is 32.6. The first-order valence-electron chi connectivity index (χ1n) is 11.3. The van der Waals surface area contributed by atoms with Gasteiger partial charge in [0.15, 0.2) is 6.40 Å². The molecule has 1 aromatic carbocycles. The Morgan fingerprint density at radius 2 is 1.85 bits per heavy atom. The van der Waals surface area contributed by atoms with Gasteiger partial charge in [-0.2, -0.15) is 0 Å². The summed E-state index contributed by atoms with van der Waals surface area (Å²) in [5.41, 5.74) is 15.5. The molecule has 34 heavy (non-hydrogen) atoms. The number of rotatable bonds is 4. The van der Waals surface area contributed by atoms with Crippen molar-refractivity contribution in [1.82, 2.24) is 9.97 Å². The van der Waals surface area contributed by atoms with Crippen molar-refractivity contribution in [3.8, 4) is 0 Å². The lowest BCUT2D eigenvalue weighted by Crippen LogP contribution is -2.23. The van der Waals surface area contributed by atoms with Crippen molar-refractivity contribution in [1.29, 1.82) is 5.41 Å². The van der Waals surface area contributed by atoms with E-state index in [1.807, 2.05) is 13.0 Å². The van der Waals surface area contributed by atoms with Crippen LogP contribution in [0.25, 0.3) is 5.70 Å². The van der Waals surface area contributed by atoms with E-state index < -0.39 is 11.6 Å². The minimum absolute atomic E-state index is 0.0467. The van der Waals surface area contributed by atoms with Crippen LogP contribution in [0.4, 0.5) is 8.78 Å². The lowest BCUT2D eigenvalue weighted by atomic mass is 9.77. The van der Waals surface area contributed by atoms with Gasteiger partial charge in [-0.1, -0.05) is 19.9 Å². The second-order valence-corrected chi connectivity index (χ2v) is 9.61. The zero-order chi connectivity index (χ0) is 25.1. The quantitative estimate of drug-likeness (QED) is 0.421. The van der Waals surface area contributed by atoms with Gasteiger partial charge in [-0.25, -0.2) is 18.7 Å². The largest absolute Gasteiger partial charge is 0.487 e. The second kappa shape index (κ2) is 9.91. The molecule has 2 aromatic rings. The average Bonchev–Trinajstić information content (AvgIpc) is 3.33. The molecule has 1 fully saturated rings. The molecule has 0 spiro atoms. The summed E-state index contributed by atoms with van der Waals surface area (Å²) in [6, 6.07) is 5.64. The van der Waals surface area contributed by atoms with Gasteiger partial charge in [-0.15, -0.1) is 0 Å². The topological polar surface area (TPSA) is 111 Å². The Kier molecular flexibility index (Phi) is 7.38. The number of fused-ring (bicyclic) bond motifs is 1. The number of halogens is 2. The zero-order valence-corrected chi connectivity index (χ0v) is 20.2. The number of nitrogens with zero attached hydrogens (tertiary/aromatic N) is 2. The summed E-state index contributed by atoms with van der Waals surface area (Å²) in [5.74, 6) is -0.767. The SMILES string of the molecule is COC=N.Cc1nccc(C2CC3(C)CC3(C)CCC(/C=C(\N)c3c(F)cccc3F)=C\2N)n1. The highest BCUT2D eigenvalue weighted by Crippen LogP contribution is 2.70. The summed E-state index contributed by atoms with van der Waals surface area (Å²) in [7, 11) is 1.44. The van der Waals surface area contributed by atoms with E-state index in [0.29, 0.717) is 17.9 Å².